The van der Waals surface area contributed by atoms with Crippen molar-refractivity contribution < 1.29 is 9.90 Å². The fourth-order valence-corrected chi connectivity index (χ4v) is 1.81. The Morgan fingerprint density at radius 3 is 2.80 bits per heavy atom. The molecule has 0 aliphatic heterocycles. The quantitative estimate of drug-likeness (QED) is 0.836. The first-order valence-electron chi connectivity index (χ1n) is 6.93. The average Bonchev–Trinajstić information content (AvgIpc) is 2.47. The predicted molar refractivity (Wildman–Crippen MR) is 79.3 cm³/mol. The Balaban J connectivity index is 2.73. The van der Waals surface area contributed by atoms with E-state index >= 15 is 0 Å². The zero-order valence-corrected chi connectivity index (χ0v) is 12.4. The smallest absolute Gasteiger partial charge is 0.272 e. The summed E-state index contributed by atoms with van der Waals surface area (Å²) in [5.74, 6) is 5.64. The predicted octanol–water partition coefficient (Wildman–Crippen LogP) is 2.08. The highest BCUT2D eigenvalue weighted by molar-refractivity contribution is 5.92. The first kappa shape index (κ1) is 16.2. The van der Waals surface area contributed by atoms with Gasteiger partial charge in [-0.3, -0.25) is 4.79 Å². The third kappa shape index (κ3) is 4.67. The van der Waals surface area contributed by atoms with Crippen molar-refractivity contribution in [2.75, 3.05) is 13.7 Å². The fourth-order valence-electron chi connectivity index (χ4n) is 1.81. The molecule has 1 N–H and O–H groups in total. The van der Waals surface area contributed by atoms with Crippen molar-refractivity contribution in [1.29, 1.82) is 0 Å². The maximum atomic E-state index is 12.2. The Bertz CT molecular complexity index is 485. The number of carbonyl (C=O) groups excluding carboxylic acids is 1. The topological polar surface area (TPSA) is 53.4 Å². The van der Waals surface area contributed by atoms with Gasteiger partial charge in [0.15, 0.2) is 0 Å². The molecule has 1 rings (SSSR count). The maximum absolute atomic E-state index is 12.2. The Morgan fingerprint density at radius 1 is 1.50 bits per heavy atom. The van der Waals surface area contributed by atoms with Crippen LogP contribution < -0.4 is 0 Å². The molecule has 0 spiro atoms. The molecular weight excluding hydrogens is 252 g/mol. The van der Waals surface area contributed by atoms with Crippen LogP contribution in [-0.4, -0.2) is 40.6 Å². The average molecular weight is 274 g/mol. The highest BCUT2D eigenvalue weighted by atomic mass is 16.2. The molecule has 1 amide bonds. The fraction of sp³-hybridized carbons (Fsp3) is 0.500. The van der Waals surface area contributed by atoms with Crippen LogP contribution >= 0.6 is 0 Å². The summed E-state index contributed by atoms with van der Waals surface area (Å²) in [6, 6.07) is 3.68. The number of pyridine rings is 1. The minimum atomic E-state index is -0.0687. The molecule has 4 nitrogen and oxygen atoms in total. The molecule has 1 unspecified atom stereocenters. The van der Waals surface area contributed by atoms with Crippen molar-refractivity contribution in [3.63, 3.8) is 0 Å². The van der Waals surface area contributed by atoms with Crippen molar-refractivity contribution in [2.45, 2.75) is 39.2 Å². The van der Waals surface area contributed by atoms with Crippen LogP contribution in [0.4, 0.5) is 0 Å². The summed E-state index contributed by atoms with van der Waals surface area (Å²) in [6.07, 6.45) is 4.06. The van der Waals surface area contributed by atoms with Crippen molar-refractivity contribution in [1.82, 2.24) is 9.88 Å². The number of hydrogen-bond acceptors (Lipinski definition) is 3. The molecule has 4 heteroatoms. The number of aromatic nitrogens is 1. The van der Waals surface area contributed by atoms with Gasteiger partial charge in [0.2, 0.25) is 0 Å². The van der Waals surface area contributed by atoms with Gasteiger partial charge in [-0.15, -0.1) is 0 Å². The highest BCUT2D eigenvalue weighted by Crippen LogP contribution is 2.09. The summed E-state index contributed by atoms with van der Waals surface area (Å²) in [6.45, 7) is 4.19. The third-order valence-corrected chi connectivity index (χ3v) is 3.14. The number of aliphatic hydroxyl groups is 1. The zero-order valence-electron chi connectivity index (χ0n) is 12.4. The second kappa shape index (κ2) is 8.34. The van der Waals surface area contributed by atoms with Crippen LogP contribution in [0.15, 0.2) is 18.3 Å². The van der Waals surface area contributed by atoms with Crippen LogP contribution in [0.25, 0.3) is 0 Å². The van der Waals surface area contributed by atoms with E-state index in [-0.39, 0.29) is 18.6 Å². The van der Waals surface area contributed by atoms with E-state index in [0.29, 0.717) is 12.1 Å². The van der Waals surface area contributed by atoms with Gasteiger partial charge in [-0.25, -0.2) is 4.98 Å². The first-order chi connectivity index (χ1) is 9.60. The molecule has 20 heavy (non-hydrogen) atoms. The van der Waals surface area contributed by atoms with E-state index in [4.69, 9.17) is 5.11 Å². The number of nitrogens with zero attached hydrogens (tertiary/aromatic N) is 2. The van der Waals surface area contributed by atoms with E-state index in [2.05, 4.69) is 23.7 Å². The van der Waals surface area contributed by atoms with Gasteiger partial charge in [0, 0.05) is 31.3 Å². The van der Waals surface area contributed by atoms with E-state index in [1.807, 2.05) is 6.92 Å². The van der Waals surface area contributed by atoms with E-state index in [1.165, 1.54) is 0 Å². The summed E-state index contributed by atoms with van der Waals surface area (Å²) in [5.41, 5.74) is 1.18. The lowest BCUT2D eigenvalue weighted by Crippen LogP contribution is -2.35. The van der Waals surface area contributed by atoms with E-state index in [9.17, 15) is 4.79 Å². The second-order valence-electron chi connectivity index (χ2n) is 4.76. The highest BCUT2D eigenvalue weighted by Gasteiger charge is 2.17. The number of rotatable bonds is 5. The molecule has 1 aromatic rings. The molecule has 0 saturated heterocycles. The summed E-state index contributed by atoms with van der Waals surface area (Å²) < 4.78 is 0. The summed E-state index contributed by atoms with van der Waals surface area (Å²) >= 11 is 0. The molecular formula is C16H22N2O2. The molecule has 0 aliphatic carbocycles. The van der Waals surface area contributed by atoms with Crippen molar-refractivity contribution in [3.8, 4) is 11.8 Å². The standard InChI is InChI=1S/C16H22N2O2/c1-4-7-13(2)18(3)16(20)15-10-9-14(12-17-15)8-5-6-11-19/h9-10,12-13,19H,4,6-7,11H2,1-3H3. The maximum Gasteiger partial charge on any atom is 0.272 e. The summed E-state index contributed by atoms with van der Waals surface area (Å²) in [5, 5.41) is 8.65. The molecule has 108 valence electrons. The van der Waals surface area contributed by atoms with E-state index in [1.54, 1.807) is 30.3 Å². The van der Waals surface area contributed by atoms with Crippen molar-refractivity contribution in [3.05, 3.63) is 29.6 Å². The normalized spacial score (nSPS) is 11.4. The Labute approximate surface area is 120 Å². The number of amides is 1. The monoisotopic (exact) mass is 274 g/mol. The second-order valence-corrected chi connectivity index (χ2v) is 4.76. The molecule has 1 aromatic heterocycles. The zero-order chi connectivity index (χ0) is 15.0. The number of carbonyl (C=O) groups is 1. The van der Waals surface area contributed by atoms with E-state index in [0.717, 1.165) is 18.4 Å². The molecule has 0 fully saturated rings. The SMILES string of the molecule is CCCC(C)N(C)C(=O)c1ccc(C#CCCO)cn1. The van der Waals surface area contributed by atoms with Gasteiger partial charge < -0.3 is 10.0 Å². The van der Waals surface area contributed by atoms with Gasteiger partial charge in [0.1, 0.15) is 5.69 Å². The summed E-state index contributed by atoms with van der Waals surface area (Å²) in [7, 11) is 1.80. The Morgan fingerprint density at radius 2 is 2.25 bits per heavy atom. The van der Waals surface area contributed by atoms with Crippen molar-refractivity contribution in [2.24, 2.45) is 0 Å². The van der Waals surface area contributed by atoms with Gasteiger partial charge in [-0.1, -0.05) is 25.2 Å². The van der Waals surface area contributed by atoms with Gasteiger partial charge in [0.05, 0.1) is 6.61 Å². The Kier molecular flexibility index (Phi) is 6.75. The molecule has 1 atom stereocenters. The molecule has 0 aliphatic rings. The van der Waals surface area contributed by atoms with Crippen LogP contribution in [0.3, 0.4) is 0 Å². The molecule has 0 radical (unpaired) electrons. The van der Waals surface area contributed by atoms with Crippen LogP contribution in [-0.2, 0) is 0 Å². The first-order valence-corrected chi connectivity index (χ1v) is 6.93. The lowest BCUT2D eigenvalue weighted by molar-refractivity contribution is 0.0731. The molecule has 1 heterocycles. The third-order valence-electron chi connectivity index (χ3n) is 3.14. The minimum Gasteiger partial charge on any atom is -0.395 e. The Hall–Kier alpha value is -1.86. The van der Waals surface area contributed by atoms with Gasteiger partial charge in [-0.05, 0) is 25.5 Å². The van der Waals surface area contributed by atoms with Gasteiger partial charge in [0.25, 0.3) is 5.91 Å². The molecule has 0 saturated carbocycles. The lowest BCUT2D eigenvalue weighted by Gasteiger charge is -2.24. The largest absolute Gasteiger partial charge is 0.395 e. The van der Waals surface area contributed by atoms with Crippen LogP contribution in [0.1, 0.15) is 49.2 Å². The van der Waals surface area contributed by atoms with Gasteiger partial charge in [-0.2, -0.15) is 0 Å². The molecule has 0 aromatic carbocycles. The summed E-state index contributed by atoms with van der Waals surface area (Å²) in [4.78, 5) is 18.1. The van der Waals surface area contributed by atoms with Crippen molar-refractivity contribution >= 4 is 5.91 Å². The van der Waals surface area contributed by atoms with E-state index < -0.39 is 0 Å². The van der Waals surface area contributed by atoms with Crippen LogP contribution in [0.5, 0.6) is 0 Å². The van der Waals surface area contributed by atoms with Gasteiger partial charge >= 0.3 is 0 Å². The number of hydrogen-bond donors (Lipinski definition) is 1. The molecule has 0 bridgehead atoms. The van der Waals surface area contributed by atoms with Crippen LogP contribution in [0, 0.1) is 11.8 Å². The lowest BCUT2D eigenvalue weighted by atomic mass is 10.1. The minimum absolute atomic E-state index is 0.0527. The number of aliphatic hydroxyl groups excluding tert-OH is 1. The van der Waals surface area contributed by atoms with Crippen LogP contribution in [0.2, 0.25) is 0 Å².